The SMILES string of the molecule is Cc1cc(N2CCC(C)(C)C2=O)ccc1-n1ccc(=O)c(-c2ccnn2-c2ccccc2)n1. The molecule has 0 saturated carbocycles. The average Bonchev–Trinajstić information content (AvgIpc) is 3.40. The summed E-state index contributed by atoms with van der Waals surface area (Å²) in [4.78, 5) is 27.3. The summed E-state index contributed by atoms with van der Waals surface area (Å²) in [6, 6.07) is 18.8. The molecule has 0 bridgehead atoms. The second-order valence-corrected chi connectivity index (χ2v) is 9.00. The van der Waals surface area contributed by atoms with Crippen molar-refractivity contribution in [3.8, 4) is 22.8 Å². The molecule has 1 aliphatic heterocycles. The Labute approximate surface area is 191 Å². The Morgan fingerprint density at radius 2 is 1.73 bits per heavy atom. The smallest absolute Gasteiger partial charge is 0.232 e. The Hall–Kier alpha value is -4.00. The molecule has 0 atom stereocenters. The summed E-state index contributed by atoms with van der Waals surface area (Å²) in [5, 5.41) is 9.05. The van der Waals surface area contributed by atoms with Crippen molar-refractivity contribution < 1.29 is 4.79 Å². The van der Waals surface area contributed by atoms with Crippen LogP contribution in [0.1, 0.15) is 25.8 Å². The number of rotatable bonds is 4. The van der Waals surface area contributed by atoms with E-state index >= 15 is 0 Å². The molecule has 0 unspecified atom stereocenters. The molecule has 1 amide bonds. The number of aromatic nitrogens is 4. The minimum atomic E-state index is -0.330. The highest BCUT2D eigenvalue weighted by molar-refractivity contribution is 5.99. The molecule has 0 radical (unpaired) electrons. The summed E-state index contributed by atoms with van der Waals surface area (Å²) in [5.41, 5.74) is 3.98. The number of carbonyl (C=O) groups excluding carboxylic acids is 1. The second kappa shape index (κ2) is 7.85. The molecule has 2 aromatic heterocycles. The summed E-state index contributed by atoms with van der Waals surface area (Å²) in [7, 11) is 0. The molecule has 0 spiro atoms. The molecule has 33 heavy (non-hydrogen) atoms. The van der Waals surface area contributed by atoms with Crippen molar-refractivity contribution in [1.82, 2.24) is 19.6 Å². The molecule has 7 nitrogen and oxygen atoms in total. The third kappa shape index (κ3) is 3.65. The zero-order valence-electron chi connectivity index (χ0n) is 18.9. The van der Waals surface area contributed by atoms with E-state index in [1.165, 1.54) is 6.07 Å². The van der Waals surface area contributed by atoms with E-state index in [9.17, 15) is 9.59 Å². The largest absolute Gasteiger partial charge is 0.312 e. The highest BCUT2D eigenvalue weighted by atomic mass is 16.2. The fraction of sp³-hybridized carbons (Fsp3) is 0.231. The molecular weight excluding hydrogens is 414 g/mol. The molecule has 166 valence electrons. The summed E-state index contributed by atoms with van der Waals surface area (Å²) in [6.45, 7) is 6.68. The van der Waals surface area contributed by atoms with Gasteiger partial charge in [0.15, 0.2) is 5.69 Å². The van der Waals surface area contributed by atoms with Crippen LogP contribution < -0.4 is 10.3 Å². The van der Waals surface area contributed by atoms with Gasteiger partial charge in [0.2, 0.25) is 11.3 Å². The fourth-order valence-corrected chi connectivity index (χ4v) is 4.25. The van der Waals surface area contributed by atoms with Gasteiger partial charge in [-0.1, -0.05) is 32.0 Å². The Morgan fingerprint density at radius 3 is 2.42 bits per heavy atom. The van der Waals surface area contributed by atoms with Crippen LogP contribution in [0.2, 0.25) is 0 Å². The minimum absolute atomic E-state index is 0.146. The summed E-state index contributed by atoms with van der Waals surface area (Å²) in [5.74, 6) is 0.146. The van der Waals surface area contributed by atoms with E-state index in [-0.39, 0.29) is 16.8 Å². The van der Waals surface area contributed by atoms with Crippen LogP contribution >= 0.6 is 0 Å². The summed E-state index contributed by atoms with van der Waals surface area (Å²) >= 11 is 0. The number of carbonyl (C=O) groups is 1. The van der Waals surface area contributed by atoms with Crippen molar-refractivity contribution in [2.45, 2.75) is 27.2 Å². The lowest BCUT2D eigenvalue weighted by Crippen LogP contribution is -2.30. The molecule has 4 aromatic rings. The highest BCUT2D eigenvalue weighted by Gasteiger charge is 2.39. The topological polar surface area (TPSA) is 73.0 Å². The van der Waals surface area contributed by atoms with Crippen LogP contribution in [0.3, 0.4) is 0 Å². The predicted molar refractivity (Wildman–Crippen MR) is 128 cm³/mol. The predicted octanol–water partition coefficient (Wildman–Crippen LogP) is 4.16. The van der Waals surface area contributed by atoms with Crippen molar-refractivity contribution in [1.29, 1.82) is 0 Å². The van der Waals surface area contributed by atoms with Crippen LogP contribution in [-0.4, -0.2) is 32.0 Å². The fourth-order valence-electron chi connectivity index (χ4n) is 4.25. The van der Waals surface area contributed by atoms with Crippen LogP contribution in [0.15, 0.2) is 77.9 Å². The third-order valence-corrected chi connectivity index (χ3v) is 6.22. The number of aryl methyl sites for hydroxylation is 1. The van der Waals surface area contributed by atoms with Crippen LogP contribution in [0.4, 0.5) is 5.69 Å². The molecule has 1 aliphatic rings. The first-order valence-electron chi connectivity index (χ1n) is 11.0. The quantitative estimate of drug-likeness (QED) is 0.479. The van der Waals surface area contributed by atoms with Crippen molar-refractivity contribution in [2.24, 2.45) is 5.41 Å². The van der Waals surface area contributed by atoms with Crippen molar-refractivity contribution in [3.63, 3.8) is 0 Å². The first-order chi connectivity index (χ1) is 15.8. The minimum Gasteiger partial charge on any atom is -0.312 e. The Bertz CT molecular complexity index is 1400. The van der Waals surface area contributed by atoms with Crippen LogP contribution in [0.5, 0.6) is 0 Å². The van der Waals surface area contributed by atoms with E-state index in [0.717, 1.165) is 29.0 Å². The van der Waals surface area contributed by atoms with Crippen molar-refractivity contribution in [3.05, 3.63) is 88.8 Å². The standard InChI is InChI=1S/C26H25N5O2/c1-18-17-20(29-16-13-26(2,3)25(29)33)9-10-21(18)30-15-12-23(32)24(28-30)22-11-14-27-31(22)19-7-5-4-6-8-19/h4-12,14-15,17H,13,16H2,1-3H3. The lowest BCUT2D eigenvalue weighted by molar-refractivity contribution is -0.123. The first kappa shape index (κ1) is 20.9. The number of amides is 1. The number of benzene rings is 2. The molecule has 2 aromatic carbocycles. The zero-order chi connectivity index (χ0) is 23.2. The van der Waals surface area contributed by atoms with Crippen molar-refractivity contribution >= 4 is 11.6 Å². The zero-order valence-corrected chi connectivity index (χ0v) is 18.9. The lowest BCUT2D eigenvalue weighted by Gasteiger charge is -2.21. The van der Waals surface area contributed by atoms with Crippen molar-refractivity contribution in [2.75, 3.05) is 11.4 Å². The highest BCUT2D eigenvalue weighted by Crippen LogP contribution is 2.35. The van der Waals surface area contributed by atoms with Gasteiger partial charge in [-0.25, -0.2) is 9.36 Å². The van der Waals surface area contributed by atoms with E-state index in [1.807, 2.05) is 74.2 Å². The van der Waals surface area contributed by atoms with E-state index in [0.29, 0.717) is 17.9 Å². The maximum Gasteiger partial charge on any atom is 0.232 e. The van der Waals surface area contributed by atoms with Gasteiger partial charge in [-0.05, 0) is 55.3 Å². The number of para-hydroxylation sites is 1. The molecule has 1 fully saturated rings. The number of hydrogen-bond donors (Lipinski definition) is 0. The van der Waals surface area contributed by atoms with Gasteiger partial charge < -0.3 is 4.90 Å². The number of nitrogens with zero attached hydrogens (tertiary/aromatic N) is 5. The van der Waals surface area contributed by atoms with E-state index < -0.39 is 0 Å². The van der Waals surface area contributed by atoms with Crippen LogP contribution in [0, 0.1) is 12.3 Å². The Balaban J connectivity index is 1.53. The van der Waals surface area contributed by atoms with Gasteiger partial charge in [-0.3, -0.25) is 9.59 Å². The second-order valence-electron chi connectivity index (χ2n) is 9.00. The van der Waals surface area contributed by atoms with E-state index in [1.54, 1.807) is 27.8 Å². The maximum absolute atomic E-state index is 12.7. The van der Waals surface area contributed by atoms with E-state index in [2.05, 4.69) is 10.2 Å². The van der Waals surface area contributed by atoms with Gasteiger partial charge >= 0.3 is 0 Å². The molecule has 0 N–H and O–H groups in total. The number of anilines is 1. The maximum atomic E-state index is 12.7. The molecule has 3 heterocycles. The molecule has 5 rings (SSSR count). The number of hydrogen-bond acceptors (Lipinski definition) is 4. The van der Waals surface area contributed by atoms with Crippen LogP contribution in [0.25, 0.3) is 22.8 Å². The van der Waals surface area contributed by atoms with Gasteiger partial charge in [0.1, 0.15) is 0 Å². The van der Waals surface area contributed by atoms with Gasteiger partial charge in [-0.2, -0.15) is 10.2 Å². The van der Waals surface area contributed by atoms with Crippen LogP contribution in [-0.2, 0) is 4.79 Å². The van der Waals surface area contributed by atoms with Gasteiger partial charge in [-0.15, -0.1) is 0 Å². The molecular formula is C26H25N5O2. The average molecular weight is 440 g/mol. The molecule has 7 heteroatoms. The third-order valence-electron chi connectivity index (χ3n) is 6.22. The van der Waals surface area contributed by atoms with Gasteiger partial charge in [0, 0.05) is 29.9 Å². The summed E-state index contributed by atoms with van der Waals surface area (Å²) < 4.78 is 3.42. The monoisotopic (exact) mass is 439 g/mol. The van der Waals surface area contributed by atoms with E-state index in [4.69, 9.17) is 0 Å². The first-order valence-corrected chi connectivity index (χ1v) is 11.0. The van der Waals surface area contributed by atoms with Gasteiger partial charge in [0.25, 0.3) is 0 Å². The Morgan fingerprint density at radius 1 is 0.939 bits per heavy atom. The molecule has 1 saturated heterocycles. The lowest BCUT2D eigenvalue weighted by atomic mass is 9.92. The Kier molecular flexibility index (Phi) is 4.96. The van der Waals surface area contributed by atoms with Gasteiger partial charge in [0.05, 0.1) is 23.3 Å². The summed E-state index contributed by atoms with van der Waals surface area (Å²) in [6.07, 6.45) is 4.17. The normalized spacial score (nSPS) is 15.2. The molecule has 0 aliphatic carbocycles.